The molecule has 1 aromatic heterocycles. The van der Waals surface area contributed by atoms with Crippen LogP contribution in [0.4, 0.5) is 5.69 Å². The zero-order valence-corrected chi connectivity index (χ0v) is 85.6. The second-order valence-electron chi connectivity index (χ2n) is 37.0. The molecule has 2 aromatic carbocycles. The summed E-state index contributed by atoms with van der Waals surface area (Å²) in [5, 5.41) is 97.9. The van der Waals surface area contributed by atoms with Gasteiger partial charge in [-0.15, -0.1) is 0 Å². The van der Waals surface area contributed by atoms with Crippen molar-refractivity contribution in [2.24, 2.45) is 11.3 Å². The SMILES string of the molecule is CCC(CO)OC(CO)OC.CCC(CO)OC(COC(=O)CCCC(=O)NC(C)C(=O)OCCCCC(=O)[C@]1(O)C2N(C)c3cc(C)c([C@@]4(C)CC5CN(CCc6c4[nH]c4ccccc64)CC(O)(CC)C5)cc3C23CCN2CC=C[C@](CC)(C23)[C@H]1O)OC.CCC(CO)OC(COC(=O)CCCC(=O)NCCN1C(=O)CC(SC)C1=O)OC.CCC(CO)OC(COC(=O)CCCC(=O)O)OC.O=C=O. The van der Waals surface area contributed by atoms with Gasteiger partial charge < -0.3 is 123 Å². The van der Waals surface area contributed by atoms with Crippen LogP contribution in [-0.2, 0) is 132 Å². The molecule has 16 unspecified atom stereocenters. The number of aromatic amines is 1. The average Bonchev–Trinajstić information content (AvgIpc) is 1.48. The zero-order valence-electron chi connectivity index (χ0n) is 84.8. The number of carbonyl (C=O) groups excluding carboxylic acids is 11. The molecule has 7 aliphatic rings. The minimum atomic E-state index is -2.17. The van der Waals surface area contributed by atoms with Crippen molar-refractivity contribution in [3.63, 3.8) is 0 Å². The molecule has 41 heteroatoms. The fourth-order valence-corrected chi connectivity index (χ4v) is 20.9. The lowest BCUT2D eigenvalue weighted by Gasteiger charge is -2.63. The van der Waals surface area contributed by atoms with Gasteiger partial charge in [-0.25, -0.2) is 4.79 Å². The fourth-order valence-electron chi connectivity index (χ4n) is 20.3. The van der Waals surface area contributed by atoms with E-state index in [-0.39, 0.29) is 196 Å². The number of carboxylic acid groups (broad SMARTS) is 1. The van der Waals surface area contributed by atoms with Crippen LogP contribution in [-0.4, -0.2) is 368 Å². The number of Topliss-reactive ketones (excluding diaryl/α,β-unsaturated/α-hetero) is 1. The highest BCUT2D eigenvalue weighted by Gasteiger charge is 2.78. The van der Waals surface area contributed by atoms with Crippen molar-refractivity contribution in [3.8, 4) is 0 Å². The van der Waals surface area contributed by atoms with Crippen LogP contribution in [0.3, 0.4) is 0 Å². The number of nitrogens with one attached hydrogen (secondary N) is 3. The van der Waals surface area contributed by atoms with Crippen LogP contribution in [0.1, 0.15) is 225 Å². The number of fused-ring (bicyclic) bond motifs is 6. The Morgan fingerprint density at radius 3 is 1.67 bits per heavy atom. The number of thioether (sulfide) groups is 1. The van der Waals surface area contributed by atoms with Crippen LogP contribution in [0.15, 0.2) is 48.6 Å². The molecule has 10 rings (SSSR count). The average molecular weight is 2020 g/mol. The number of methoxy groups -OCH3 is 4. The molecular weight excluding hydrogens is 1860 g/mol. The maximum absolute atomic E-state index is 15.2. The third kappa shape index (κ3) is 32.6. The monoisotopic (exact) mass is 2020 g/mol. The number of piperidine rings is 1. The Hall–Kier alpha value is -8.37. The minimum Gasteiger partial charge on any atom is -0.481 e. The lowest BCUT2D eigenvalue weighted by Crippen LogP contribution is -2.80. The van der Waals surface area contributed by atoms with Crippen LogP contribution >= 0.6 is 11.8 Å². The molecule has 0 radical (unpaired) electrons. The van der Waals surface area contributed by atoms with Gasteiger partial charge in [0.25, 0.3) is 0 Å². The molecule has 1 spiro atoms. The Labute approximate surface area is 831 Å². The van der Waals surface area contributed by atoms with Gasteiger partial charge in [-0.1, -0.05) is 78.0 Å². The fraction of sp³-hybridized carbons (Fsp3) is 0.730. The molecule has 12 N–H and O–H groups in total. The highest BCUT2D eigenvalue weighted by Crippen LogP contribution is 2.67. The number of ether oxygens (including phenoxy) is 12. The van der Waals surface area contributed by atoms with Crippen molar-refractivity contribution in [2.45, 2.75) is 311 Å². The summed E-state index contributed by atoms with van der Waals surface area (Å²) >= 11 is 1.34. The van der Waals surface area contributed by atoms with Crippen molar-refractivity contribution < 1.29 is 160 Å². The Bertz CT molecular complexity index is 4490. The number of imide groups is 1. The molecule has 20 atom stereocenters. The van der Waals surface area contributed by atoms with Gasteiger partial charge in [0.15, 0.2) is 36.5 Å². The normalized spacial score (nSPS) is 24.9. The zero-order chi connectivity index (χ0) is 105. The van der Waals surface area contributed by atoms with Crippen LogP contribution in [0.2, 0.25) is 0 Å². The summed E-state index contributed by atoms with van der Waals surface area (Å²) in [6.07, 6.45) is 8.73. The number of likely N-dealkylation sites (N-methyl/N-ethyl adjacent to an activating group) is 1. The van der Waals surface area contributed by atoms with Crippen molar-refractivity contribution >= 4 is 93.8 Å². The highest BCUT2D eigenvalue weighted by atomic mass is 32.2. The van der Waals surface area contributed by atoms with E-state index in [2.05, 4.69) is 107 Å². The van der Waals surface area contributed by atoms with Crippen molar-refractivity contribution in [3.05, 3.63) is 76.5 Å². The molecule has 1 saturated carbocycles. The number of para-hydroxylation sites is 1. The Kier molecular flexibility index (Phi) is 51.5. The number of benzene rings is 2. The Balaban J connectivity index is 0.000000391. The summed E-state index contributed by atoms with van der Waals surface area (Å²) < 4.78 is 62.2. The van der Waals surface area contributed by atoms with E-state index in [9.17, 15) is 63.6 Å². The number of H-pyrrole nitrogens is 1. The highest BCUT2D eigenvalue weighted by molar-refractivity contribution is 8.00. The molecule has 3 aromatic rings. The smallest absolute Gasteiger partial charge is 0.373 e. The second kappa shape index (κ2) is 59.9. The standard InChI is InChI=1S/C61H87N5O12.C19H32N2O8S.C12H22O7.C7H16O4.CO2/c1-9-41(35-67)78-51(75-8)36-77-50(70)22-16-21-49(69)62-39(5)53(71)76-29-15-14-20-48(68)61(74)55-60(25-28-66-26-17-24-59(11-3,54(60)66)56(61)72)45-31-44(38(4)30-47(45)64(55)7)57(6)32-40-33-58(73,10-2)37-65(34-40)27-23-43-42-18-12-13-19-46(42)63-52(43)57;1-4-13(11-22)29-18(27-2)12-28-17(25)7-5-6-15(23)20-8-9-21-16(24)10-14(30-3)19(21)26;1-3-9(7-13)19-12(17-2)8-18-11(16)6-4-5-10(14)15;1-3-6(4-8)11-7(5-9)10-2;2-1-3/h12-13,17-19,24,30-31,39-41,51,54-56,63,67,72-74H,9-11,14-16,20-23,25-29,32-37H2,1-8H3,(H,62,69);13-14,18,22H,4-12H2,1-3H3,(H,20,23);9,12-13H,3-8H2,1-2H3,(H,14,15);6-9H,3-5H2,1-2H3;/t39?,40?,41?,51?,54?,55?,56-,57-,58?,59-,60?,61+;;;;/m1..../s1. The molecule has 796 valence electrons. The first kappa shape index (κ1) is 121. The number of ketones is 1. The van der Waals surface area contributed by atoms with Crippen molar-refractivity contribution in [1.29, 1.82) is 0 Å². The molecule has 4 amide bonds. The van der Waals surface area contributed by atoms with Gasteiger partial charge in [-0.05, 0) is 170 Å². The number of aromatic nitrogens is 1. The van der Waals surface area contributed by atoms with Crippen LogP contribution in [0.5, 0.6) is 0 Å². The van der Waals surface area contributed by atoms with E-state index in [0.29, 0.717) is 70.9 Å². The number of carbonyl (C=O) groups is 10. The number of rotatable bonds is 54. The summed E-state index contributed by atoms with van der Waals surface area (Å²) in [4.78, 5) is 151. The molecule has 4 fully saturated rings. The number of aliphatic carboxylic acids is 1. The van der Waals surface area contributed by atoms with Crippen LogP contribution in [0.25, 0.3) is 10.9 Å². The first-order valence-corrected chi connectivity index (χ1v) is 50.5. The third-order valence-corrected chi connectivity index (χ3v) is 28.7. The van der Waals surface area contributed by atoms with E-state index < -0.39 is 125 Å². The first-order chi connectivity index (χ1) is 67.3. The maximum atomic E-state index is 15.2. The van der Waals surface area contributed by atoms with Gasteiger partial charge in [0.05, 0.1) is 80.9 Å². The largest absolute Gasteiger partial charge is 0.481 e. The number of hydrogen-bond acceptors (Lipinski definition) is 36. The van der Waals surface area contributed by atoms with Gasteiger partial charge in [0.1, 0.15) is 32.0 Å². The summed E-state index contributed by atoms with van der Waals surface area (Å²) in [5.41, 5.74) is 2.93. The summed E-state index contributed by atoms with van der Waals surface area (Å²) in [6.45, 7) is 20.8. The van der Waals surface area contributed by atoms with Gasteiger partial charge >= 0.3 is 36.0 Å². The molecular formula is C100H157N7O33S. The van der Waals surface area contributed by atoms with E-state index in [1.54, 1.807) is 6.26 Å². The number of hydrogen-bond donors (Lipinski definition) is 12. The lowest BCUT2D eigenvalue weighted by atomic mass is 9.47. The van der Waals surface area contributed by atoms with Crippen molar-refractivity contribution in [1.82, 2.24) is 30.3 Å². The maximum Gasteiger partial charge on any atom is 0.373 e. The second-order valence-corrected chi connectivity index (χ2v) is 38.0. The number of likely N-dealkylation sites (tertiary alicyclic amines) is 1. The van der Waals surface area contributed by atoms with Gasteiger partial charge in [0.2, 0.25) is 23.6 Å². The van der Waals surface area contributed by atoms with Crippen molar-refractivity contribution in [2.75, 3.05) is 152 Å². The van der Waals surface area contributed by atoms with E-state index in [0.717, 1.165) is 61.2 Å². The molecule has 1 aliphatic carbocycles. The number of esters is 4. The number of aliphatic hydroxyl groups excluding tert-OH is 6. The predicted molar refractivity (Wildman–Crippen MR) is 516 cm³/mol. The topological polar surface area (TPSA) is 550 Å². The molecule has 141 heavy (non-hydrogen) atoms. The Morgan fingerprint density at radius 1 is 0.645 bits per heavy atom. The van der Waals surface area contributed by atoms with E-state index in [1.807, 2.05) is 34.7 Å². The number of carboxylic acids is 1. The number of nitrogens with zero attached hydrogens (tertiary/aromatic N) is 4. The minimum absolute atomic E-state index is 0.0183. The number of aliphatic hydroxyl groups is 8. The molecule has 6 aliphatic heterocycles. The third-order valence-electron chi connectivity index (χ3n) is 27.8. The molecule has 2 bridgehead atoms. The lowest BCUT2D eigenvalue weighted by molar-refractivity contribution is -0.202. The first-order valence-electron chi connectivity index (χ1n) is 49.2. The summed E-state index contributed by atoms with van der Waals surface area (Å²) in [7, 11) is 7.66. The Morgan fingerprint density at radius 2 is 1.18 bits per heavy atom. The number of aryl methyl sites for hydroxylation is 1. The quantitative estimate of drug-likeness (QED) is 0.00838. The van der Waals surface area contributed by atoms with Crippen LogP contribution in [0, 0.1) is 18.3 Å². The molecule has 3 saturated heterocycles. The van der Waals surface area contributed by atoms with Gasteiger partial charge in [-0.3, -0.25) is 57.9 Å². The van der Waals surface area contributed by atoms with Gasteiger partial charge in [0, 0.05) is 171 Å². The number of amides is 4. The van der Waals surface area contributed by atoms with Crippen LogP contribution < -0.4 is 15.5 Å². The van der Waals surface area contributed by atoms with E-state index >= 15 is 4.79 Å². The van der Waals surface area contributed by atoms with E-state index in [4.69, 9.17) is 92.0 Å². The molecule has 7 heterocycles. The van der Waals surface area contributed by atoms with Gasteiger partial charge in [-0.2, -0.15) is 21.4 Å². The predicted octanol–water partition coefficient (Wildman–Crippen LogP) is 5.42. The number of unbranched alkanes of at least 4 members (excludes halogenated alkanes) is 1. The summed E-state index contributed by atoms with van der Waals surface area (Å²) in [5.74, 6) is -4.47. The van der Waals surface area contributed by atoms with E-state index in [1.165, 1.54) is 74.2 Å². The molecule has 40 nitrogen and oxygen atoms in total. The summed E-state index contributed by atoms with van der Waals surface area (Å²) in [6, 6.07) is 11.4. The number of anilines is 1.